The molecule has 1 N–H and O–H groups in total. The number of nitrogens with one attached hydrogen (secondary N) is 1. The first kappa shape index (κ1) is 18.0. The Morgan fingerprint density at radius 1 is 1.16 bits per heavy atom. The second-order valence-corrected chi connectivity index (χ2v) is 7.93. The van der Waals surface area contributed by atoms with Gasteiger partial charge >= 0.3 is 0 Å². The van der Waals surface area contributed by atoms with Gasteiger partial charge in [0.2, 0.25) is 0 Å². The standard InChI is InChI=1S/C18H16Cl2N2O2S/c1-10-13(20)8-9-14-15(10)21-17(25-14)22-16(23)18(2,3)24-12-6-4-11(19)5-7-12/h4-9H,1-3H3,(H,21,22,23). The highest BCUT2D eigenvalue weighted by molar-refractivity contribution is 7.22. The fourth-order valence-electron chi connectivity index (χ4n) is 2.25. The van der Waals surface area contributed by atoms with Crippen molar-refractivity contribution in [2.75, 3.05) is 5.32 Å². The summed E-state index contributed by atoms with van der Waals surface area (Å²) in [5, 5.41) is 4.60. The van der Waals surface area contributed by atoms with E-state index in [9.17, 15) is 4.79 Å². The van der Waals surface area contributed by atoms with E-state index in [0.29, 0.717) is 20.9 Å². The molecule has 4 nitrogen and oxygen atoms in total. The molecular weight excluding hydrogens is 379 g/mol. The van der Waals surface area contributed by atoms with Crippen molar-refractivity contribution in [2.45, 2.75) is 26.4 Å². The Morgan fingerprint density at radius 3 is 2.52 bits per heavy atom. The first-order chi connectivity index (χ1) is 11.8. The van der Waals surface area contributed by atoms with Gasteiger partial charge in [-0.3, -0.25) is 10.1 Å². The number of ether oxygens (including phenoxy) is 1. The maximum Gasteiger partial charge on any atom is 0.269 e. The zero-order valence-electron chi connectivity index (χ0n) is 13.9. The average Bonchev–Trinajstić information content (AvgIpc) is 2.96. The number of hydrogen-bond donors (Lipinski definition) is 1. The molecule has 2 aromatic carbocycles. The van der Waals surface area contributed by atoms with Gasteiger partial charge in [-0.05, 0) is 62.7 Å². The molecule has 0 saturated carbocycles. The van der Waals surface area contributed by atoms with E-state index < -0.39 is 5.60 Å². The van der Waals surface area contributed by atoms with E-state index in [1.54, 1.807) is 38.1 Å². The van der Waals surface area contributed by atoms with Gasteiger partial charge in [0.25, 0.3) is 5.91 Å². The highest BCUT2D eigenvalue weighted by Gasteiger charge is 2.31. The molecule has 0 aliphatic heterocycles. The largest absolute Gasteiger partial charge is 0.478 e. The predicted molar refractivity (Wildman–Crippen MR) is 104 cm³/mol. The van der Waals surface area contributed by atoms with Crippen LogP contribution in [0.5, 0.6) is 5.75 Å². The fraction of sp³-hybridized carbons (Fsp3) is 0.222. The molecule has 130 valence electrons. The van der Waals surface area contributed by atoms with Gasteiger partial charge in [-0.25, -0.2) is 4.98 Å². The van der Waals surface area contributed by atoms with Crippen molar-refractivity contribution in [3.05, 3.63) is 52.0 Å². The average molecular weight is 395 g/mol. The monoisotopic (exact) mass is 394 g/mol. The maximum absolute atomic E-state index is 12.6. The molecule has 0 aliphatic rings. The minimum atomic E-state index is -1.07. The molecule has 0 spiro atoms. The Morgan fingerprint density at radius 2 is 1.84 bits per heavy atom. The molecule has 3 rings (SSSR count). The summed E-state index contributed by atoms with van der Waals surface area (Å²) in [5.41, 5.74) is 0.620. The number of hydrogen-bond acceptors (Lipinski definition) is 4. The summed E-state index contributed by atoms with van der Waals surface area (Å²) in [5.74, 6) is 0.279. The number of nitrogens with zero attached hydrogens (tertiary/aromatic N) is 1. The molecule has 3 aromatic rings. The molecule has 0 bridgehead atoms. The number of thiazole rings is 1. The van der Waals surface area contributed by atoms with Crippen LogP contribution in [0.25, 0.3) is 10.2 Å². The van der Waals surface area contributed by atoms with E-state index in [4.69, 9.17) is 27.9 Å². The summed E-state index contributed by atoms with van der Waals surface area (Å²) < 4.78 is 6.76. The first-order valence-electron chi connectivity index (χ1n) is 7.58. The van der Waals surface area contributed by atoms with Gasteiger partial charge in [0, 0.05) is 10.0 Å². The van der Waals surface area contributed by atoms with Crippen molar-refractivity contribution in [1.82, 2.24) is 4.98 Å². The van der Waals surface area contributed by atoms with Gasteiger partial charge in [-0.15, -0.1) is 0 Å². The Balaban J connectivity index is 1.78. The fourth-order valence-corrected chi connectivity index (χ4v) is 3.44. The molecule has 1 aromatic heterocycles. The van der Waals surface area contributed by atoms with E-state index in [0.717, 1.165) is 15.8 Å². The lowest BCUT2D eigenvalue weighted by Crippen LogP contribution is -2.42. The molecule has 7 heteroatoms. The summed E-state index contributed by atoms with van der Waals surface area (Å²) >= 11 is 13.4. The topological polar surface area (TPSA) is 51.2 Å². The van der Waals surface area contributed by atoms with Crippen LogP contribution in [0.2, 0.25) is 10.0 Å². The number of rotatable bonds is 4. The van der Waals surface area contributed by atoms with Gasteiger partial charge in [0.05, 0.1) is 10.2 Å². The maximum atomic E-state index is 12.6. The van der Waals surface area contributed by atoms with Crippen molar-refractivity contribution in [2.24, 2.45) is 0 Å². The lowest BCUT2D eigenvalue weighted by atomic mass is 10.1. The van der Waals surface area contributed by atoms with Crippen LogP contribution in [-0.4, -0.2) is 16.5 Å². The van der Waals surface area contributed by atoms with Crippen LogP contribution in [0.15, 0.2) is 36.4 Å². The van der Waals surface area contributed by atoms with Gasteiger partial charge in [-0.1, -0.05) is 34.5 Å². The number of carbonyl (C=O) groups excluding carboxylic acids is 1. The third-order valence-corrected chi connectivity index (χ3v) is 5.30. The zero-order valence-corrected chi connectivity index (χ0v) is 16.2. The molecule has 0 aliphatic carbocycles. The summed E-state index contributed by atoms with van der Waals surface area (Å²) in [6.45, 7) is 5.31. The van der Waals surface area contributed by atoms with Gasteiger partial charge < -0.3 is 4.74 Å². The van der Waals surface area contributed by atoms with Crippen LogP contribution in [0.3, 0.4) is 0 Å². The Labute approximate surface area is 159 Å². The molecule has 1 heterocycles. The molecule has 0 radical (unpaired) electrons. The summed E-state index contributed by atoms with van der Waals surface area (Å²) in [6.07, 6.45) is 0. The van der Waals surface area contributed by atoms with Crippen LogP contribution < -0.4 is 10.1 Å². The lowest BCUT2D eigenvalue weighted by molar-refractivity contribution is -0.128. The highest BCUT2D eigenvalue weighted by Crippen LogP contribution is 2.32. The SMILES string of the molecule is Cc1c(Cl)ccc2sc(NC(=O)C(C)(C)Oc3ccc(Cl)cc3)nc12. The summed E-state index contributed by atoms with van der Waals surface area (Å²) in [6, 6.07) is 10.6. The zero-order chi connectivity index (χ0) is 18.2. The van der Waals surface area contributed by atoms with Crippen molar-refractivity contribution >= 4 is 55.8 Å². The molecule has 0 fully saturated rings. The third kappa shape index (κ3) is 3.89. The van der Waals surface area contributed by atoms with E-state index in [-0.39, 0.29) is 5.91 Å². The number of halogens is 2. The van der Waals surface area contributed by atoms with Gasteiger partial charge in [-0.2, -0.15) is 0 Å². The van der Waals surface area contributed by atoms with Crippen LogP contribution >= 0.6 is 34.5 Å². The Kier molecular flexibility index (Phi) is 4.91. The number of fused-ring (bicyclic) bond motifs is 1. The number of benzene rings is 2. The van der Waals surface area contributed by atoms with E-state index in [1.807, 2.05) is 19.1 Å². The number of carbonyl (C=O) groups is 1. The van der Waals surface area contributed by atoms with Crippen molar-refractivity contribution < 1.29 is 9.53 Å². The predicted octanol–water partition coefficient (Wildman–Crippen LogP) is 5.71. The smallest absolute Gasteiger partial charge is 0.269 e. The normalized spacial score (nSPS) is 11.6. The molecule has 0 saturated heterocycles. The number of aryl methyl sites for hydroxylation is 1. The van der Waals surface area contributed by atoms with Crippen molar-refractivity contribution in [3.8, 4) is 5.75 Å². The second kappa shape index (κ2) is 6.83. The highest BCUT2D eigenvalue weighted by atomic mass is 35.5. The van der Waals surface area contributed by atoms with E-state index in [2.05, 4.69) is 10.3 Å². The van der Waals surface area contributed by atoms with E-state index in [1.165, 1.54) is 11.3 Å². The number of anilines is 1. The molecule has 1 amide bonds. The third-order valence-electron chi connectivity index (χ3n) is 3.70. The van der Waals surface area contributed by atoms with E-state index >= 15 is 0 Å². The minimum Gasteiger partial charge on any atom is -0.478 e. The second-order valence-electron chi connectivity index (χ2n) is 6.06. The van der Waals surface area contributed by atoms with Crippen LogP contribution in [-0.2, 0) is 4.79 Å². The minimum absolute atomic E-state index is 0.287. The lowest BCUT2D eigenvalue weighted by Gasteiger charge is -2.24. The van der Waals surface area contributed by atoms with Crippen LogP contribution in [0, 0.1) is 6.92 Å². The van der Waals surface area contributed by atoms with Gasteiger partial charge in [0.1, 0.15) is 5.75 Å². The quantitative estimate of drug-likeness (QED) is 0.616. The molecule has 25 heavy (non-hydrogen) atoms. The molecule has 0 atom stereocenters. The Hall–Kier alpha value is -1.82. The Bertz CT molecular complexity index is 936. The molecule has 0 unspecified atom stereocenters. The van der Waals surface area contributed by atoms with Gasteiger partial charge in [0.15, 0.2) is 10.7 Å². The summed E-state index contributed by atoms with van der Waals surface area (Å²) in [7, 11) is 0. The first-order valence-corrected chi connectivity index (χ1v) is 9.15. The number of aromatic nitrogens is 1. The molecular formula is C18H16Cl2N2O2S. The summed E-state index contributed by atoms with van der Waals surface area (Å²) in [4.78, 5) is 17.1. The van der Waals surface area contributed by atoms with Crippen LogP contribution in [0.4, 0.5) is 5.13 Å². The van der Waals surface area contributed by atoms with Crippen LogP contribution in [0.1, 0.15) is 19.4 Å². The van der Waals surface area contributed by atoms with Crippen molar-refractivity contribution in [3.63, 3.8) is 0 Å². The van der Waals surface area contributed by atoms with Crippen molar-refractivity contribution in [1.29, 1.82) is 0 Å². The number of amides is 1.